The van der Waals surface area contributed by atoms with Crippen molar-refractivity contribution >= 4 is 15.9 Å². The third-order valence-corrected chi connectivity index (χ3v) is 3.15. The van der Waals surface area contributed by atoms with Gasteiger partial charge in [-0.3, -0.25) is 0 Å². The van der Waals surface area contributed by atoms with Gasteiger partial charge in [-0.15, -0.1) is 0 Å². The summed E-state index contributed by atoms with van der Waals surface area (Å²) in [5.41, 5.74) is 1.04. The maximum absolute atomic E-state index is 13.0. The van der Waals surface area contributed by atoms with Crippen LogP contribution in [0.1, 0.15) is 31.9 Å². The minimum Gasteiger partial charge on any atom is -0.380 e. The van der Waals surface area contributed by atoms with Crippen LogP contribution in [0.25, 0.3) is 0 Å². The highest BCUT2D eigenvalue weighted by molar-refractivity contribution is 9.10. The number of benzene rings is 1. The summed E-state index contributed by atoms with van der Waals surface area (Å²) in [7, 11) is 0. The molecule has 17 heavy (non-hydrogen) atoms. The molecule has 0 aliphatic carbocycles. The summed E-state index contributed by atoms with van der Waals surface area (Å²) in [6.07, 6.45) is 1.06. The van der Waals surface area contributed by atoms with Crippen LogP contribution in [-0.4, -0.2) is 19.8 Å². The van der Waals surface area contributed by atoms with Crippen molar-refractivity contribution in [1.29, 1.82) is 0 Å². The highest BCUT2D eigenvalue weighted by Gasteiger charge is 2.14. The summed E-state index contributed by atoms with van der Waals surface area (Å²) in [5, 5.41) is 3.40. The summed E-state index contributed by atoms with van der Waals surface area (Å²) >= 11 is 3.40. The first-order valence-corrected chi connectivity index (χ1v) is 6.74. The number of ether oxygens (including phenoxy) is 1. The van der Waals surface area contributed by atoms with Crippen LogP contribution >= 0.6 is 15.9 Å². The van der Waals surface area contributed by atoms with Crippen molar-refractivity contribution in [3.8, 4) is 0 Å². The molecule has 1 aromatic carbocycles. The summed E-state index contributed by atoms with van der Waals surface area (Å²) in [5.74, 6) is -0.230. The van der Waals surface area contributed by atoms with Crippen molar-refractivity contribution in [3.05, 3.63) is 34.1 Å². The van der Waals surface area contributed by atoms with Gasteiger partial charge in [-0.05, 0) is 37.6 Å². The molecular formula is C13H19BrFNO. The summed E-state index contributed by atoms with van der Waals surface area (Å²) in [6.45, 7) is 6.28. The van der Waals surface area contributed by atoms with Gasteiger partial charge in [0.15, 0.2) is 0 Å². The Morgan fingerprint density at radius 1 is 1.41 bits per heavy atom. The molecule has 1 N–H and O–H groups in total. The number of rotatable bonds is 7. The molecule has 0 aliphatic heterocycles. The second kappa shape index (κ2) is 7.80. The Bertz CT molecular complexity index is 338. The molecule has 0 spiro atoms. The van der Waals surface area contributed by atoms with Gasteiger partial charge in [-0.25, -0.2) is 4.39 Å². The van der Waals surface area contributed by atoms with Gasteiger partial charge >= 0.3 is 0 Å². The van der Waals surface area contributed by atoms with Crippen molar-refractivity contribution in [1.82, 2.24) is 5.32 Å². The minimum absolute atomic E-state index is 0.102. The van der Waals surface area contributed by atoms with E-state index in [1.165, 1.54) is 12.1 Å². The van der Waals surface area contributed by atoms with E-state index in [4.69, 9.17) is 4.74 Å². The second-order valence-electron chi connectivity index (χ2n) is 3.83. The smallest absolute Gasteiger partial charge is 0.124 e. The molecule has 0 bridgehead atoms. The topological polar surface area (TPSA) is 21.3 Å². The van der Waals surface area contributed by atoms with Crippen molar-refractivity contribution in [2.24, 2.45) is 0 Å². The molecule has 0 radical (unpaired) electrons. The number of hydrogen-bond acceptors (Lipinski definition) is 2. The molecule has 0 aliphatic rings. The predicted molar refractivity (Wildman–Crippen MR) is 71.6 cm³/mol. The van der Waals surface area contributed by atoms with Gasteiger partial charge in [0.05, 0.1) is 12.6 Å². The van der Waals surface area contributed by atoms with E-state index < -0.39 is 0 Å². The predicted octanol–water partition coefficient (Wildman–Crippen LogP) is 3.67. The molecule has 1 atom stereocenters. The first-order valence-electron chi connectivity index (χ1n) is 5.95. The Morgan fingerprint density at radius 3 is 2.76 bits per heavy atom. The molecule has 1 unspecified atom stereocenters. The van der Waals surface area contributed by atoms with E-state index in [-0.39, 0.29) is 11.9 Å². The third kappa shape index (κ3) is 4.74. The van der Waals surface area contributed by atoms with Crippen LogP contribution < -0.4 is 5.32 Å². The van der Waals surface area contributed by atoms with Crippen molar-refractivity contribution in [2.45, 2.75) is 26.3 Å². The Morgan fingerprint density at radius 2 is 2.18 bits per heavy atom. The average Bonchev–Trinajstić information content (AvgIpc) is 2.30. The lowest BCUT2D eigenvalue weighted by molar-refractivity contribution is 0.123. The monoisotopic (exact) mass is 303 g/mol. The fraction of sp³-hybridized carbons (Fsp3) is 0.538. The van der Waals surface area contributed by atoms with Gasteiger partial charge in [0.1, 0.15) is 5.82 Å². The Labute approximate surface area is 111 Å². The van der Waals surface area contributed by atoms with E-state index >= 15 is 0 Å². The van der Waals surface area contributed by atoms with Crippen LogP contribution in [-0.2, 0) is 4.74 Å². The quantitative estimate of drug-likeness (QED) is 0.830. The SMILES string of the molecule is CCCNC(COCC)c1ccc(F)cc1Br. The third-order valence-electron chi connectivity index (χ3n) is 2.47. The molecule has 0 saturated heterocycles. The van der Waals surface area contributed by atoms with Crippen LogP contribution in [0.4, 0.5) is 4.39 Å². The average molecular weight is 304 g/mol. The fourth-order valence-electron chi connectivity index (χ4n) is 1.60. The fourth-order valence-corrected chi connectivity index (χ4v) is 2.22. The van der Waals surface area contributed by atoms with E-state index in [1.807, 2.05) is 6.92 Å². The maximum atomic E-state index is 13.0. The van der Waals surface area contributed by atoms with E-state index in [9.17, 15) is 4.39 Å². The van der Waals surface area contributed by atoms with Crippen LogP contribution in [0, 0.1) is 5.82 Å². The van der Waals surface area contributed by atoms with Gasteiger partial charge in [-0.1, -0.05) is 28.9 Å². The van der Waals surface area contributed by atoms with Crippen molar-refractivity contribution in [3.63, 3.8) is 0 Å². The normalized spacial score (nSPS) is 12.7. The van der Waals surface area contributed by atoms with Gasteiger partial charge in [-0.2, -0.15) is 0 Å². The number of halogens is 2. The number of hydrogen-bond donors (Lipinski definition) is 1. The maximum Gasteiger partial charge on any atom is 0.124 e. The molecule has 4 heteroatoms. The summed E-state index contributed by atoms with van der Waals surface area (Å²) in [4.78, 5) is 0. The van der Waals surface area contributed by atoms with Gasteiger partial charge in [0, 0.05) is 11.1 Å². The lowest BCUT2D eigenvalue weighted by Gasteiger charge is -2.20. The van der Waals surface area contributed by atoms with E-state index in [2.05, 4.69) is 28.2 Å². The zero-order valence-electron chi connectivity index (χ0n) is 10.3. The highest BCUT2D eigenvalue weighted by atomic mass is 79.9. The van der Waals surface area contributed by atoms with Crippen molar-refractivity contribution < 1.29 is 9.13 Å². The molecular weight excluding hydrogens is 285 g/mol. The molecule has 0 saturated carbocycles. The second-order valence-corrected chi connectivity index (χ2v) is 4.69. The first kappa shape index (κ1) is 14.6. The van der Waals surface area contributed by atoms with Crippen LogP contribution in [0.3, 0.4) is 0 Å². The largest absolute Gasteiger partial charge is 0.380 e. The Kier molecular flexibility index (Phi) is 6.70. The van der Waals surface area contributed by atoms with E-state index in [1.54, 1.807) is 6.07 Å². The van der Waals surface area contributed by atoms with Gasteiger partial charge < -0.3 is 10.1 Å². The zero-order chi connectivity index (χ0) is 12.7. The van der Waals surface area contributed by atoms with Crippen LogP contribution in [0.5, 0.6) is 0 Å². The molecule has 0 fully saturated rings. The molecule has 0 aromatic heterocycles. The zero-order valence-corrected chi connectivity index (χ0v) is 11.9. The minimum atomic E-state index is -0.230. The molecule has 1 aromatic rings. The van der Waals surface area contributed by atoms with E-state index in [0.717, 1.165) is 23.0 Å². The molecule has 2 nitrogen and oxygen atoms in total. The first-order chi connectivity index (χ1) is 8.19. The standard InChI is InChI=1S/C13H19BrFNO/c1-3-7-16-13(9-17-4-2)11-6-5-10(15)8-12(11)14/h5-6,8,13,16H,3-4,7,9H2,1-2H3. The van der Waals surface area contributed by atoms with Crippen LogP contribution in [0.2, 0.25) is 0 Å². The number of nitrogens with one attached hydrogen (secondary N) is 1. The lowest BCUT2D eigenvalue weighted by atomic mass is 10.1. The Balaban J connectivity index is 2.79. The van der Waals surface area contributed by atoms with E-state index in [0.29, 0.717) is 13.2 Å². The molecule has 96 valence electrons. The van der Waals surface area contributed by atoms with Gasteiger partial charge in [0.2, 0.25) is 0 Å². The molecule has 0 amide bonds. The Hall–Kier alpha value is -0.450. The molecule has 0 heterocycles. The lowest BCUT2D eigenvalue weighted by Crippen LogP contribution is -2.26. The summed E-state index contributed by atoms with van der Waals surface area (Å²) < 4.78 is 19.3. The highest BCUT2D eigenvalue weighted by Crippen LogP contribution is 2.24. The molecule has 1 rings (SSSR count). The van der Waals surface area contributed by atoms with Gasteiger partial charge in [0.25, 0.3) is 0 Å². The summed E-state index contributed by atoms with van der Waals surface area (Å²) in [6, 6.07) is 4.87. The van der Waals surface area contributed by atoms with Crippen LogP contribution in [0.15, 0.2) is 22.7 Å². The van der Waals surface area contributed by atoms with Crippen molar-refractivity contribution in [2.75, 3.05) is 19.8 Å².